The summed E-state index contributed by atoms with van der Waals surface area (Å²) in [6.45, 7) is 6.22. The summed E-state index contributed by atoms with van der Waals surface area (Å²) in [6.07, 6.45) is 3.36. The van der Waals surface area contributed by atoms with Crippen LogP contribution < -0.4 is 10.2 Å². The summed E-state index contributed by atoms with van der Waals surface area (Å²) in [5.74, 6) is 0.964. The van der Waals surface area contributed by atoms with Crippen molar-refractivity contribution < 1.29 is 4.74 Å². The van der Waals surface area contributed by atoms with E-state index < -0.39 is 0 Å². The second-order valence-corrected chi connectivity index (χ2v) is 7.46. The van der Waals surface area contributed by atoms with Crippen LogP contribution >= 0.6 is 0 Å². The Kier molecular flexibility index (Phi) is 6.47. The van der Waals surface area contributed by atoms with Gasteiger partial charge < -0.3 is 19.9 Å². The Hall–Kier alpha value is -2.79. The number of guanidine groups is 1. The summed E-state index contributed by atoms with van der Waals surface area (Å²) in [4.78, 5) is 9.19. The van der Waals surface area contributed by atoms with Crippen molar-refractivity contribution in [2.45, 2.75) is 13.0 Å². The molecule has 2 aromatic rings. The van der Waals surface area contributed by atoms with Crippen molar-refractivity contribution in [3.05, 3.63) is 71.8 Å². The quantitative estimate of drug-likeness (QED) is 0.642. The van der Waals surface area contributed by atoms with Gasteiger partial charge in [0.25, 0.3) is 0 Å². The molecule has 0 unspecified atom stereocenters. The third kappa shape index (κ3) is 4.98. The molecule has 2 aromatic carbocycles. The van der Waals surface area contributed by atoms with Gasteiger partial charge in [0.05, 0.1) is 13.2 Å². The van der Waals surface area contributed by atoms with E-state index in [2.05, 4.69) is 80.8 Å². The van der Waals surface area contributed by atoms with E-state index >= 15 is 0 Å². The van der Waals surface area contributed by atoms with Crippen molar-refractivity contribution in [3.63, 3.8) is 0 Å². The third-order valence-electron chi connectivity index (χ3n) is 5.63. The Bertz CT molecular complexity index is 839. The minimum atomic E-state index is 0.780. The number of hydrogen-bond acceptors (Lipinski definition) is 3. The lowest BCUT2D eigenvalue weighted by Crippen LogP contribution is -2.43. The van der Waals surface area contributed by atoms with Gasteiger partial charge in [0.2, 0.25) is 0 Å². The first-order chi connectivity index (χ1) is 14.3. The van der Waals surface area contributed by atoms with Gasteiger partial charge in [0.15, 0.2) is 5.96 Å². The number of rotatable bonds is 4. The van der Waals surface area contributed by atoms with E-state index in [4.69, 9.17) is 4.74 Å². The molecule has 5 heteroatoms. The van der Waals surface area contributed by atoms with Gasteiger partial charge in [-0.1, -0.05) is 48.5 Å². The van der Waals surface area contributed by atoms with Gasteiger partial charge in [-0.05, 0) is 35.3 Å². The van der Waals surface area contributed by atoms with Gasteiger partial charge in [0, 0.05) is 45.5 Å². The van der Waals surface area contributed by atoms with E-state index in [1.165, 1.54) is 22.4 Å². The number of anilines is 1. The number of hydrogen-bond donors (Lipinski definition) is 1. The van der Waals surface area contributed by atoms with Gasteiger partial charge in [0.1, 0.15) is 0 Å². The maximum atomic E-state index is 5.44. The Morgan fingerprint density at radius 3 is 2.41 bits per heavy atom. The molecule has 152 valence electrons. The zero-order valence-corrected chi connectivity index (χ0v) is 17.2. The predicted octanol–water partition coefficient (Wildman–Crippen LogP) is 3.39. The van der Waals surface area contributed by atoms with Crippen molar-refractivity contribution in [2.75, 3.05) is 51.3 Å². The molecule has 1 fully saturated rings. The Balaban J connectivity index is 1.31. The molecule has 0 atom stereocenters. The van der Waals surface area contributed by atoms with Crippen LogP contribution in [0.25, 0.3) is 5.57 Å². The molecular formula is C24H30N4O. The number of aliphatic imine (C=N–C) groups is 1. The molecule has 0 amide bonds. The second kappa shape index (κ2) is 9.61. The summed E-state index contributed by atoms with van der Waals surface area (Å²) in [7, 11) is 1.86. The largest absolute Gasteiger partial charge is 0.378 e. The molecular weight excluding hydrogens is 360 g/mol. The highest BCUT2D eigenvalue weighted by atomic mass is 16.5. The molecule has 2 aliphatic heterocycles. The van der Waals surface area contributed by atoms with Gasteiger partial charge in [-0.15, -0.1) is 0 Å². The van der Waals surface area contributed by atoms with Crippen LogP contribution in [0.3, 0.4) is 0 Å². The molecule has 2 aliphatic rings. The van der Waals surface area contributed by atoms with Crippen LogP contribution in [0, 0.1) is 0 Å². The first-order valence-corrected chi connectivity index (χ1v) is 10.4. The molecule has 2 heterocycles. The highest BCUT2D eigenvalue weighted by Crippen LogP contribution is 2.22. The molecule has 1 saturated heterocycles. The molecule has 4 rings (SSSR count). The Morgan fingerprint density at radius 2 is 1.76 bits per heavy atom. The van der Waals surface area contributed by atoms with Gasteiger partial charge in [-0.2, -0.15) is 0 Å². The molecule has 5 nitrogen and oxygen atoms in total. The van der Waals surface area contributed by atoms with Crippen LogP contribution in [-0.4, -0.2) is 57.3 Å². The molecule has 0 saturated carbocycles. The standard InChI is InChI=1S/C24H30N4O/c1-25-24(28-13-11-22(12-14-28)21-5-3-2-4-6-21)26-19-20-7-9-23(10-8-20)27-15-17-29-18-16-27/h2-11H,12-19H2,1H3,(H,25,26). The lowest BCUT2D eigenvalue weighted by molar-refractivity contribution is 0.122. The maximum absolute atomic E-state index is 5.44. The zero-order valence-electron chi connectivity index (χ0n) is 17.2. The number of nitrogens with zero attached hydrogens (tertiary/aromatic N) is 3. The van der Waals surface area contributed by atoms with Crippen molar-refractivity contribution in [2.24, 2.45) is 4.99 Å². The van der Waals surface area contributed by atoms with Crippen LogP contribution in [0.5, 0.6) is 0 Å². The lowest BCUT2D eigenvalue weighted by atomic mass is 10.00. The number of morpholine rings is 1. The molecule has 1 N–H and O–H groups in total. The summed E-state index contributed by atoms with van der Waals surface area (Å²) in [6, 6.07) is 19.5. The van der Waals surface area contributed by atoms with Crippen LogP contribution in [0.2, 0.25) is 0 Å². The first kappa shape index (κ1) is 19.5. The molecule has 0 bridgehead atoms. The van der Waals surface area contributed by atoms with Crippen LogP contribution in [0.15, 0.2) is 65.7 Å². The summed E-state index contributed by atoms with van der Waals surface area (Å²) < 4.78 is 5.44. The van der Waals surface area contributed by atoms with E-state index in [1.54, 1.807) is 0 Å². The zero-order chi connectivity index (χ0) is 19.9. The lowest BCUT2D eigenvalue weighted by Gasteiger charge is -2.30. The molecule has 0 aliphatic carbocycles. The van der Waals surface area contributed by atoms with Crippen molar-refractivity contribution in [1.29, 1.82) is 0 Å². The van der Waals surface area contributed by atoms with Crippen molar-refractivity contribution in [3.8, 4) is 0 Å². The van der Waals surface area contributed by atoms with Crippen LogP contribution in [0.4, 0.5) is 5.69 Å². The molecule has 0 spiro atoms. The normalized spacial score (nSPS) is 17.8. The molecule has 0 radical (unpaired) electrons. The number of nitrogens with one attached hydrogen (secondary N) is 1. The second-order valence-electron chi connectivity index (χ2n) is 7.46. The van der Waals surface area contributed by atoms with Gasteiger partial charge in [-0.3, -0.25) is 4.99 Å². The van der Waals surface area contributed by atoms with E-state index in [-0.39, 0.29) is 0 Å². The maximum Gasteiger partial charge on any atom is 0.194 e. The fraction of sp³-hybridized carbons (Fsp3) is 0.375. The van der Waals surface area contributed by atoms with Gasteiger partial charge in [-0.25, -0.2) is 0 Å². The smallest absolute Gasteiger partial charge is 0.194 e. The van der Waals surface area contributed by atoms with Gasteiger partial charge >= 0.3 is 0 Å². The fourth-order valence-electron chi connectivity index (χ4n) is 3.94. The topological polar surface area (TPSA) is 40.1 Å². The van der Waals surface area contributed by atoms with Crippen molar-refractivity contribution in [1.82, 2.24) is 10.2 Å². The predicted molar refractivity (Wildman–Crippen MR) is 120 cm³/mol. The SMILES string of the molecule is CN=C(NCc1ccc(N2CCOCC2)cc1)N1CC=C(c2ccccc2)CC1. The minimum absolute atomic E-state index is 0.780. The van der Waals surface area contributed by atoms with Crippen LogP contribution in [0.1, 0.15) is 17.5 Å². The fourth-order valence-corrected chi connectivity index (χ4v) is 3.94. The molecule has 0 aromatic heterocycles. The van der Waals surface area contributed by atoms with E-state index in [9.17, 15) is 0 Å². The number of benzene rings is 2. The minimum Gasteiger partial charge on any atom is -0.378 e. The molecule has 29 heavy (non-hydrogen) atoms. The third-order valence-corrected chi connectivity index (χ3v) is 5.63. The van der Waals surface area contributed by atoms with E-state index in [1.807, 2.05) is 7.05 Å². The summed E-state index contributed by atoms with van der Waals surface area (Å²) >= 11 is 0. The van der Waals surface area contributed by atoms with Crippen molar-refractivity contribution >= 4 is 17.2 Å². The monoisotopic (exact) mass is 390 g/mol. The highest BCUT2D eigenvalue weighted by molar-refractivity contribution is 5.81. The average molecular weight is 391 g/mol. The highest BCUT2D eigenvalue weighted by Gasteiger charge is 2.16. The summed E-state index contributed by atoms with van der Waals surface area (Å²) in [5, 5.41) is 3.52. The Morgan fingerprint density at radius 1 is 1.00 bits per heavy atom. The van der Waals surface area contributed by atoms with E-state index in [0.717, 1.165) is 58.3 Å². The first-order valence-electron chi connectivity index (χ1n) is 10.4. The summed E-state index contributed by atoms with van der Waals surface area (Å²) in [5.41, 5.74) is 5.29. The number of ether oxygens (including phenoxy) is 1. The van der Waals surface area contributed by atoms with E-state index in [0.29, 0.717) is 0 Å². The average Bonchev–Trinajstić information content (AvgIpc) is 2.81. The Labute approximate surface area is 173 Å². The van der Waals surface area contributed by atoms with Crippen LogP contribution in [-0.2, 0) is 11.3 Å².